The number of anilines is 1. The minimum atomic E-state index is -0.784. The van der Waals surface area contributed by atoms with E-state index < -0.39 is 23.6 Å². The van der Waals surface area contributed by atoms with Gasteiger partial charge in [0, 0.05) is 16.1 Å². The number of aryl methyl sites for hydroxylation is 1. The van der Waals surface area contributed by atoms with Crippen LogP contribution >= 0.6 is 23.1 Å². The molecule has 0 spiro atoms. The molecule has 1 saturated carbocycles. The Balaban J connectivity index is 1.46. The van der Waals surface area contributed by atoms with Crippen molar-refractivity contribution in [3.63, 3.8) is 0 Å². The van der Waals surface area contributed by atoms with Gasteiger partial charge in [-0.3, -0.25) is 10.1 Å². The molecule has 3 aromatic rings. The summed E-state index contributed by atoms with van der Waals surface area (Å²) < 4.78 is 9.77. The smallest absolute Gasteiger partial charge is 0.412 e. The molecular weight excluding hydrogens is 460 g/mol. The molecule has 2 N–H and O–H groups in total. The monoisotopic (exact) mass is 480 g/mol. The van der Waals surface area contributed by atoms with Crippen molar-refractivity contribution in [2.75, 3.05) is 5.32 Å². The molecule has 0 unspecified atom stereocenters. The van der Waals surface area contributed by atoms with Crippen LogP contribution in [0.5, 0.6) is 0 Å². The highest BCUT2D eigenvalue weighted by Gasteiger charge is 2.51. The van der Waals surface area contributed by atoms with Crippen molar-refractivity contribution in [3.05, 3.63) is 80.8 Å². The Morgan fingerprint density at radius 1 is 1.18 bits per heavy atom. The second-order valence-electron chi connectivity index (χ2n) is 7.88. The van der Waals surface area contributed by atoms with Gasteiger partial charge >= 0.3 is 12.1 Å². The molecule has 168 valence electrons. The summed E-state index contributed by atoms with van der Waals surface area (Å²) in [6, 6.07) is 14.4. The lowest BCUT2D eigenvalue weighted by atomic mass is 9.95. The fourth-order valence-corrected chi connectivity index (χ4v) is 4.51. The van der Waals surface area contributed by atoms with E-state index in [9.17, 15) is 14.7 Å². The number of carbonyl (C=O) groups is 2. The third kappa shape index (κ3) is 4.87. The number of benzene rings is 2. The summed E-state index contributed by atoms with van der Waals surface area (Å²) in [5.41, 5.74) is 2.66. The molecular formula is C25H21ClN2O4S. The van der Waals surface area contributed by atoms with Gasteiger partial charge in [0.1, 0.15) is 11.0 Å². The molecule has 1 atom stereocenters. The van der Waals surface area contributed by atoms with E-state index in [1.807, 2.05) is 36.4 Å². The number of rotatable bonds is 5. The number of nitrogens with zero attached hydrogens (tertiary/aromatic N) is 1. The van der Waals surface area contributed by atoms with Gasteiger partial charge in [0.15, 0.2) is 0 Å². The van der Waals surface area contributed by atoms with Crippen LogP contribution in [-0.4, -0.2) is 21.5 Å². The zero-order valence-corrected chi connectivity index (χ0v) is 19.6. The molecule has 1 aliphatic rings. The number of ether oxygens (including phenoxy) is 1. The third-order valence-corrected chi connectivity index (χ3v) is 6.83. The van der Waals surface area contributed by atoms with Gasteiger partial charge in [-0.15, -0.1) is 0 Å². The van der Waals surface area contributed by atoms with Crippen LogP contribution in [0.25, 0.3) is 0 Å². The molecule has 1 aromatic heterocycles. The molecule has 8 heteroatoms. The number of nitrogens with one attached hydrogen (secondary N) is 1. The highest BCUT2D eigenvalue weighted by molar-refractivity contribution is 7.07. The van der Waals surface area contributed by atoms with Crippen LogP contribution in [0.3, 0.4) is 0 Å². The predicted molar refractivity (Wildman–Crippen MR) is 128 cm³/mol. The van der Waals surface area contributed by atoms with Crippen molar-refractivity contribution in [1.29, 1.82) is 0 Å². The van der Waals surface area contributed by atoms with Crippen LogP contribution in [0.1, 0.15) is 53.1 Å². The summed E-state index contributed by atoms with van der Waals surface area (Å²) in [5, 5.41) is 12.7. The van der Waals surface area contributed by atoms with Crippen molar-refractivity contribution < 1.29 is 19.4 Å². The normalized spacial score (nSPS) is 14.5. The Labute approximate surface area is 200 Å². The zero-order chi connectivity index (χ0) is 23.6. The lowest BCUT2D eigenvalue weighted by molar-refractivity contribution is -0.140. The first kappa shape index (κ1) is 22.8. The topological polar surface area (TPSA) is 88.5 Å². The van der Waals surface area contributed by atoms with Gasteiger partial charge in [0.25, 0.3) is 0 Å². The van der Waals surface area contributed by atoms with Gasteiger partial charge in [0.2, 0.25) is 0 Å². The van der Waals surface area contributed by atoms with Crippen LogP contribution in [0.4, 0.5) is 10.5 Å². The first-order valence-electron chi connectivity index (χ1n) is 10.3. The van der Waals surface area contributed by atoms with Gasteiger partial charge in [-0.25, -0.2) is 4.79 Å². The standard InChI is InChI=1S/C25H21ClN2O4S/c1-15-22(27-24(31)32-16(2)19-5-3-4-6-20(19)26)21(33-28-15)12-9-17-7-10-18(11-8-17)25(13-14-25)23(29)30/h3-8,10-11,16H,13-14H2,1-2H3,(H,27,31)(H,29,30)/t16-/m1/s1. The second kappa shape index (κ2) is 9.26. The highest BCUT2D eigenvalue weighted by atomic mass is 35.5. The molecule has 1 fully saturated rings. The van der Waals surface area contributed by atoms with E-state index in [1.165, 1.54) is 11.5 Å². The van der Waals surface area contributed by atoms with Crippen molar-refractivity contribution in [3.8, 4) is 11.8 Å². The molecule has 0 radical (unpaired) electrons. The first-order chi connectivity index (χ1) is 15.8. The number of hydrogen-bond donors (Lipinski definition) is 2. The van der Waals surface area contributed by atoms with Crippen LogP contribution in [-0.2, 0) is 14.9 Å². The van der Waals surface area contributed by atoms with Crippen LogP contribution in [0.2, 0.25) is 5.02 Å². The minimum absolute atomic E-state index is 0.503. The zero-order valence-electron chi connectivity index (χ0n) is 18.0. The van der Waals surface area contributed by atoms with Crippen molar-refractivity contribution in [1.82, 2.24) is 4.37 Å². The van der Waals surface area contributed by atoms with Gasteiger partial charge in [-0.2, -0.15) is 4.37 Å². The number of amides is 1. The van der Waals surface area contributed by atoms with Crippen molar-refractivity contribution in [2.24, 2.45) is 0 Å². The Kier molecular flexibility index (Phi) is 6.41. The Morgan fingerprint density at radius 3 is 2.52 bits per heavy atom. The summed E-state index contributed by atoms with van der Waals surface area (Å²) in [5.74, 6) is 5.31. The van der Waals surface area contributed by atoms with Gasteiger partial charge in [-0.1, -0.05) is 47.9 Å². The summed E-state index contributed by atoms with van der Waals surface area (Å²) in [4.78, 5) is 24.6. The number of carbonyl (C=O) groups excluding carboxylic acids is 1. The third-order valence-electron chi connectivity index (χ3n) is 5.63. The van der Waals surface area contributed by atoms with E-state index in [2.05, 4.69) is 21.5 Å². The van der Waals surface area contributed by atoms with Crippen LogP contribution in [0, 0.1) is 18.8 Å². The molecule has 1 heterocycles. The number of aliphatic carboxylic acids is 1. The molecule has 0 bridgehead atoms. The minimum Gasteiger partial charge on any atom is -0.481 e. The van der Waals surface area contributed by atoms with E-state index in [0.29, 0.717) is 39.7 Å². The van der Waals surface area contributed by atoms with E-state index in [-0.39, 0.29) is 0 Å². The number of carboxylic acid groups (broad SMARTS) is 1. The van der Waals surface area contributed by atoms with E-state index in [1.54, 1.807) is 26.0 Å². The van der Waals surface area contributed by atoms with Gasteiger partial charge in [0.05, 0.1) is 16.8 Å². The number of hydrogen-bond acceptors (Lipinski definition) is 5. The van der Waals surface area contributed by atoms with Crippen molar-refractivity contribution >= 4 is 40.9 Å². The summed E-state index contributed by atoms with van der Waals surface area (Å²) >= 11 is 7.37. The fraction of sp³-hybridized carbons (Fsp3) is 0.240. The Bertz CT molecular complexity index is 1270. The maximum absolute atomic E-state index is 12.5. The lowest BCUT2D eigenvalue weighted by Gasteiger charge is -2.15. The average Bonchev–Trinajstić information content (AvgIpc) is 3.54. The van der Waals surface area contributed by atoms with E-state index in [0.717, 1.165) is 11.1 Å². The fourth-order valence-electron chi connectivity index (χ4n) is 3.52. The average molecular weight is 481 g/mol. The Morgan fingerprint density at radius 2 is 1.88 bits per heavy atom. The Hall–Kier alpha value is -3.34. The van der Waals surface area contributed by atoms with Crippen LogP contribution in [0.15, 0.2) is 48.5 Å². The molecule has 33 heavy (non-hydrogen) atoms. The van der Waals surface area contributed by atoms with E-state index in [4.69, 9.17) is 16.3 Å². The molecule has 1 aliphatic carbocycles. The molecule has 0 saturated heterocycles. The predicted octanol–water partition coefficient (Wildman–Crippen LogP) is 5.93. The lowest BCUT2D eigenvalue weighted by Crippen LogP contribution is -2.19. The van der Waals surface area contributed by atoms with Gasteiger partial charge in [-0.05, 0) is 67.9 Å². The highest BCUT2D eigenvalue weighted by Crippen LogP contribution is 2.48. The SMILES string of the molecule is Cc1nsc(C#Cc2ccc(C3(C(=O)O)CC3)cc2)c1NC(=O)O[C@H](C)c1ccccc1Cl. The maximum atomic E-state index is 12.5. The largest absolute Gasteiger partial charge is 0.481 e. The number of halogens is 1. The quantitative estimate of drug-likeness (QED) is 0.442. The van der Waals surface area contributed by atoms with Gasteiger partial charge < -0.3 is 9.84 Å². The number of aromatic nitrogens is 1. The second-order valence-corrected chi connectivity index (χ2v) is 9.06. The van der Waals surface area contributed by atoms with Crippen molar-refractivity contribution in [2.45, 2.75) is 38.2 Å². The maximum Gasteiger partial charge on any atom is 0.412 e. The summed E-state index contributed by atoms with van der Waals surface area (Å²) in [6.07, 6.45) is 0.169. The molecule has 4 rings (SSSR count). The molecule has 6 nitrogen and oxygen atoms in total. The first-order valence-corrected chi connectivity index (χ1v) is 11.5. The molecule has 0 aliphatic heterocycles. The summed E-state index contributed by atoms with van der Waals surface area (Å²) in [6.45, 7) is 3.53. The van der Waals surface area contributed by atoms with E-state index >= 15 is 0 Å². The number of carboxylic acids is 1. The molecule has 1 amide bonds. The van der Waals surface area contributed by atoms with Crippen LogP contribution < -0.4 is 5.32 Å². The molecule has 2 aromatic carbocycles. The summed E-state index contributed by atoms with van der Waals surface area (Å²) in [7, 11) is 0.